The van der Waals surface area contributed by atoms with Crippen molar-refractivity contribution in [3.05, 3.63) is 75.3 Å². The van der Waals surface area contributed by atoms with Gasteiger partial charge in [0.15, 0.2) is 0 Å². The van der Waals surface area contributed by atoms with Crippen LogP contribution in [-0.4, -0.2) is 42.1 Å². The van der Waals surface area contributed by atoms with E-state index in [0.717, 1.165) is 22.3 Å². The summed E-state index contributed by atoms with van der Waals surface area (Å²) in [6.07, 6.45) is 0. The van der Waals surface area contributed by atoms with Crippen LogP contribution in [0.3, 0.4) is 0 Å². The molecule has 0 fully saturated rings. The molecule has 2 heterocycles. The summed E-state index contributed by atoms with van der Waals surface area (Å²) in [5.74, 6) is 0.308. The number of aryl methyl sites for hydroxylation is 3. The van der Waals surface area contributed by atoms with E-state index >= 15 is 0 Å². The number of rotatable bonds is 7. The number of carbonyl (C=O) groups is 1. The van der Waals surface area contributed by atoms with Gasteiger partial charge in [-0.2, -0.15) is 14.5 Å². The minimum absolute atomic E-state index is 0.245. The largest absolute Gasteiger partial charge is 0.489 e. The molecule has 4 rings (SSSR count). The molecule has 0 radical (unpaired) electrons. The van der Waals surface area contributed by atoms with Gasteiger partial charge in [-0.05, 0) is 61.0 Å². The van der Waals surface area contributed by atoms with Gasteiger partial charge in [0.1, 0.15) is 18.1 Å². The van der Waals surface area contributed by atoms with Crippen LogP contribution in [0, 0.1) is 13.8 Å². The molecule has 2 aromatic heterocycles. The second kappa shape index (κ2) is 9.34. The number of aromatic nitrogens is 6. The number of tetrazole rings is 1. The zero-order valence-corrected chi connectivity index (χ0v) is 19.8. The maximum atomic E-state index is 12.3. The molecule has 0 saturated carbocycles. The number of esters is 1. The first-order valence-corrected chi connectivity index (χ1v) is 10.8. The zero-order chi connectivity index (χ0) is 24.4. The van der Waals surface area contributed by atoms with Crippen LogP contribution in [0.25, 0.3) is 16.9 Å². The van der Waals surface area contributed by atoms with Gasteiger partial charge >= 0.3 is 11.7 Å². The summed E-state index contributed by atoms with van der Waals surface area (Å²) in [4.78, 5) is 24.6. The fourth-order valence-corrected chi connectivity index (χ4v) is 3.81. The van der Waals surface area contributed by atoms with E-state index in [1.165, 1.54) is 9.36 Å². The SMILES string of the molecule is CCOC(=O)c1c(C)c(-c2ccc(OCc3ccccc3-n3nnn(C)c3=O)c(C)c2)nn1C. The Labute approximate surface area is 196 Å². The van der Waals surface area contributed by atoms with E-state index in [-0.39, 0.29) is 18.3 Å². The van der Waals surface area contributed by atoms with E-state index in [2.05, 4.69) is 15.5 Å². The summed E-state index contributed by atoms with van der Waals surface area (Å²) in [7, 11) is 3.28. The molecular weight excluding hydrogens is 436 g/mol. The molecule has 0 spiro atoms. The maximum absolute atomic E-state index is 12.3. The lowest BCUT2D eigenvalue weighted by atomic mass is 10.0. The molecule has 4 aromatic rings. The molecule has 0 atom stereocenters. The fraction of sp³-hybridized carbons (Fsp3) is 0.292. The Balaban J connectivity index is 1.58. The molecule has 0 bridgehead atoms. The van der Waals surface area contributed by atoms with Crippen LogP contribution in [0.4, 0.5) is 0 Å². The lowest BCUT2D eigenvalue weighted by Crippen LogP contribution is -2.23. The number of para-hydroxylation sites is 1. The van der Waals surface area contributed by atoms with Crippen molar-refractivity contribution in [2.45, 2.75) is 27.4 Å². The smallest absolute Gasteiger partial charge is 0.368 e. The lowest BCUT2D eigenvalue weighted by Gasteiger charge is -2.13. The highest BCUT2D eigenvalue weighted by atomic mass is 16.5. The Kier molecular flexibility index (Phi) is 6.31. The van der Waals surface area contributed by atoms with Crippen LogP contribution >= 0.6 is 0 Å². The van der Waals surface area contributed by atoms with Crippen LogP contribution in [0.1, 0.15) is 34.1 Å². The van der Waals surface area contributed by atoms with Gasteiger partial charge in [0.05, 0.1) is 18.0 Å². The first-order chi connectivity index (χ1) is 16.3. The molecule has 10 nitrogen and oxygen atoms in total. The van der Waals surface area contributed by atoms with Gasteiger partial charge in [0.2, 0.25) is 0 Å². The number of carbonyl (C=O) groups excluding carboxylic acids is 1. The molecule has 176 valence electrons. The summed E-state index contributed by atoms with van der Waals surface area (Å²) < 4.78 is 15.2. The van der Waals surface area contributed by atoms with Crippen molar-refractivity contribution in [2.24, 2.45) is 14.1 Å². The van der Waals surface area contributed by atoms with E-state index in [9.17, 15) is 9.59 Å². The number of hydrogen-bond acceptors (Lipinski definition) is 7. The van der Waals surface area contributed by atoms with Crippen molar-refractivity contribution in [3.63, 3.8) is 0 Å². The number of ether oxygens (including phenoxy) is 2. The van der Waals surface area contributed by atoms with Crippen molar-refractivity contribution in [1.29, 1.82) is 0 Å². The van der Waals surface area contributed by atoms with Gasteiger partial charge in [0, 0.05) is 30.8 Å². The third-order valence-corrected chi connectivity index (χ3v) is 5.53. The van der Waals surface area contributed by atoms with Gasteiger partial charge in [-0.25, -0.2) is 9.59 Å². The highest BCUT2D eigenvalue weighted by molar-refractivity contribution is 5.91. The molecule has 0 aliphatic rings. The van der Waals surface area contributed by atoms with E-state index in [4.69, 9.17) is 9.47 Å². The fourth-order valence-electron chi connectivity index (χ4n) is 3.81. The normalized spacial score (nSPS) is 11.0. The van der Waals surface area contributed by atoms with E-state index < -0.39 is 0 Å². The molecule has 0 N–H and O–H groups in total. The topological polar surface area (TPSA) is 106 Å². The molecule has 0 saturated heterocycles. The van der Waals surface area contributed by atoms with Crippen molar-refractivity contribution >= 4 is 5.97 Å². The average molecular weight is 463 g/mol. The highest BCUT2D eigenvalue weighted by Gasteiger charge is 2.21. The maximum Gasteiger partial charge on any atom is 0.368 e. The van der Waals surface area contributed by atoms with E-state index in [1.807, 2.05) is 50.2 Å². The summed E-state index contributed by atoms with van der Waals surface area (Å²) in [5.41, 5.74) is 4.78. The van der Waals surface area contributed by atoms with Gasteiger partial charge in [0.25, 0.3) is 0 Å². The number of hydrogen-bond donors (Lipinski definition) is 0. The van der Waals surface area contributed by atoms with Crippen LogP contribution in [0.5, 0.6) is 5.75 Å². The molecule has 0 aliphatic heterocycles. The molecule has 2 aromatic carbocycles. The molecule has 0 amide bonds. The van der Waals surface area contributed by atoms with Crippen LogP contribution in [0.2, 0.25) is 0 Å². The Morgan fingerprint density at radius 1 is 1.03 bits per heavy atom. The summed E-state index contributed by atoms with van der Waals surface area (Å²) in [6.45, 7) is 6.13. The third kappa shape index (κ3) is 4.21. The third-order valence-electron chi connectivity index (χ3n) is 5.53. The molecule has 10 heteroatoms. The lowest BCUT2D eigenvalue weighted by molar-refractivity contribution is 0.0512. The molecule has 0 aliphatic carbocycles. The standard InChI is InChI=1S/C24H26N6O4/c1-6-33-23(31)22-16(3)21(25-28(22)4)17-11-12-20(15(2)13-17)34-14-18-9-7-8-10-19(18)30-24(32)29(5)26-27-30/h7-13H,6,14H2,1-5H3. The Hall–Kier alpha value is -4.21. The summed E-state index contributed by atoms with van der Waals surface area (Å²) >= 11 is 0. The van der Waals surface area contributed by atoms with E-state index in [1.54, 1.807) is 31.8 Å². The second-order valence-electron chi connectivity index (χ2n) is 7.86. The molecule has 0 unspecified atom stereocenters. The average Bonchev–Trinajstić information content (AvgIpc) is 3.31. The first-order valence-electron chi connectivity index (χ1n) is 10.8. The Bertz CT molecular complexity index is 1420. The number of nitrogens with zero attached hydrogens (tertiary/aromatic N) is 6. The second-order valence-corrected chi connectivity index (χ2v) is 7.86. The van der Waals surface area contributed by atoms with Crippen molar-refractivity contribution in [1.82, 2.24) is 29.6 Å². The van der Waals surface area contributed by atoms with Crippen LogP contribution in [0.15, 0.2) is 47.3 Å². The van der Waals surface area contributed by atoms with Crippen LogP contribution in [-0.2, 0) is 25.4 Å². The predicted molar refractivity (Wildman–Crippen MR) is 125 cm³/mol. The van der Waals surface area contributed by atoms with Gasteiger partial charge < -0.3 is 9.47 Å². The minimum Gasteiger partial charge on any atom is -0.489 e. The van der Waals surface area contributed by atoms with Crippen molar-refractivity contribution < 1.29 is 14.3 Å². The molecular formula is C24H26N6O4. The van der Waals surface area contributed by atoms with Gasteiger partial charge in [-0.15, -0.1) is 0 Å². The Morgan fingerprint density at radius 3 is 2.47 bits per heavy atom. The summed E-state index contributed by atoms with van der Waals surface area (Å²) in [5, 5.41) is 12.2. The quantitative estimate of drug-likeness (QED) is 0.389. The minimum atomic E-state index is -0.390. The Morgan fingerprint density at radius 2 is 1.79 bits per heavy atom. The molecule has 34 heavy (non-hydrogen) atoms. The van der Waals surface area contributed by atoms with E-state index in [0.29, 0.717) is 29.4 Å². The summed E-state index contributed by atoms with van der Waals surface area (Å²) in [6, 6.07) is 13.2. The number of benzene rings is 2. The highest BCUT2D eigenvalue weighted by Crippen LogP contribution is 2.30. The van der Waals surface area contributed by atoms with Crippen molar-refractivity contribution in [2.75, 3.05) is 6.61 Å². The van der Waals surface area contributed by atoms with Gasteiger partial charge in [-0.3, -0.25) is 4.68 Å². The van der Waals surface area contributed by atoms with Crippen LogP contribution < -0.4 is 10.4 Å². The van der Waals surface area contributed by atoms with Gasteiger partial charge in [-0.1, -0.05) is 18.2 Å². The monoisotopic (exact) mass is 462 g/mol. The zero-order valence-electron chi connectivity index (χ0n) is 19.8. The predicted octanol–water partition coefficient (Wildman–Crippen LogP) is 2.74. The van der Waals surface area contributed by atoms with Crippen molar-refractivity contribution in [3.8, 4) is 22.7 Å². The first kappa shape index (κ1) is 23.0.